The van der Waals surface area contributed by atoms with E-state index in [1.165, 1.54) is 6.92 Å². The molecule has 0 nitrogen and oxygen atoms in total. The van der Waals surface area contributed by atoms with E-state index in [0.717, 1.165) is 0 Å². The Morgan fingerprint density at radius 1 is 1.50 bits per heavy atom. The molecule has 0 aliphatic heterocycles. The molecule has 3 heteroatoms. The molecule has 1 rings (SSSR count). The second-order valence-corrected chi connectivity index (χ2v) is 3.78. The van der Waals surface area contributed by atoms with E-state index < -0.39 is 5.67 Å². The molecule has 0 radical (unpaired) electrons. The van der Waals surface area contributed by atoms with Gasteiger partial charge in [-0.25, -0.2) is 4.39 Å². The molecule has 0 aromatic heterocycles. The topological polar surface area (TPSA) is 0 Å². The Bertz CT molecular complexity index is 273. The summed E-state index contributed by atoms with van der Waals surface area (Å²) in [5.74, 6) is 0. The highest BCUT2D eigenvalue weighted by Crippen LogP contribution is 2.32. The van der Waals surface area contributed by atoms with E-state index in [1.54, 1.807) is 24.3 Å². The normalized spacial score (nSPS) is 15.7. The second-order valence-electron chi connectivity index (χ2n) is 2.81. The maximum Gasteiger partial charge on any atom is 0.144 e. The molecular formula is C9H9BrClF. The van der Waals surface area contributed by atoms with Gasteiger partial charge in [-0.05, 0) is 13.0 Å². The first-order valence-corrected chi connectivity index (χ1v) is 5.08. The van der Waals surface area contributed by atoms with E-state index in [1.807, 2.05) is 0 Å². The predicted octanol–water partition coefficient (Wildman–Crippen LogP) is 3.92. The third kappa shape index (κ3) is 1.99. The van der Waals surface area contributed by atoms with Crippen molar-refractivity contribution in [1.82, 2.24) is 0 Å². The van der Waals surface area contributed by atoms with Crippen molar-refractivity contribution in [3.05, 3.63) is 34.9 Å². The van der Waals surface area contributed by atoms with Gasteiger partial charge in [0.25, 0.3) is 0 Å². The van der Waals surface area contributed by atoms with Gasteiger partial charge in [-0.1, -0.05) is 45.7 Å². The standard InChI is InChI=1S/C9H9BrClF/c1-9(12,6-10)7-4-2-3-5-8(7)11/h2-5H,6H2,1H3. The molecule has 0 heterocycles. The summed E-state index contributed by atoms with van der Waals surface area (Å²) in [5, 5.41) is 0.728. The van der Waals surface area contributed by atoms with Crippen molar-refractivity contribution in [2.24, 2.45) is 0 Å². The number of hydrogen-bond acceptors (Lipinski definition) is 0. The van der Waals surface area contributed by atoms with E-state index in [4.69, 9.17) is 11.6 Å². The zero-order valence-electron chi connectivity index (χ0n) is 6.65. The Labute approximate surface area is 84.9 Å². The molecule has 0 fully saturated rings. The Kier molecular flexibility index (Phi) is 3.13. The summed E-state index contributed by atoms with van der Waals surface area (Å²) in [4.78, 5) is 0. The molecule has 0 spiro atoms. The van der Waals surface area contributed by atoms with Crippen LogP contribution < -0.4 is 0 Å². The van der Waals surface area contributed by atoms with Crippen LogP contribution in [-0.2, 0) is 5.67 Å². The zero-order chi connectivity index (χ0) is 9.19. The average Bonchev–Trinajstić information content (AvgIpc) is 2.05. The summed E-state index contributed by atoms with van der Waals surface area (Å²) in [6, 6.07) is 6.96. The van der Waals surface area contributed by atoms with Gasteiger partial charge in [0.05, 0.1) is 0 Å². The second kappa shape index (κ2) is 3.75. The lowest BCUT2D eigenvalue weighted by atomic mass is 10.0. The summed E-state index contributed by atoms with van der Waals surface area (Å²) in [6.07, 6.45) is 0. The van der Waals surface area contributed by atoms with E-state index in [9.17, 15) is 4.39 Å². The largest absolute Gasteiger partial charge is 0.238 e. The molecule has 0 bridgehead atoms. The first-order valence-electron chi connectivity index (χ1n) is 3.58. The van der Waals surface area contributed by atoms with Gasteiger partial charge in [-0.15, -0.1) is 0 Å². The van der Waals surface area contributed by atoms with Crippen molar-refractivity contribution in [3.63, 3.8) is 0 Å². The molecule has 1 aromatic carbocycles. The molecule has 0 saturated heterocycles. The molecular weight excluding hydrogens is 242 g/mol. The van der Waals surface area contributed by atoms with Crippen LogP contribution in [0.15, 0.2) is 24.3 Å². The highest BCUT2D eigenvalue weighted by molar-refractivity contribution is 9.09. The van der Waals surface area contributed by atoms with Crippen molar-refractivity contribution in [1.29, 1.82) is 0 Å². The quantitative estimate of drug-likeness (QED) is 0.699. The smallest absolute Gasteiger partial charge is 0.144 e. The molecule has 0 aliphatic carbocycles. The molecule has 0 N–H and O–H groups in total. The molecule has 0 aliphatic rings. The van der Waals surface area contributed by atoms with Crippen molar-refractivity contribution in [2.75, 3.05) is 5.33 Å². The van der Waals surface area contributed by atoms with Crippen LogP contribution in [-0.4, -0.2) is 5.33 Å². The van der Waals surface area contributed by atoms with Crippen molar-refractivity contribution < 1.29 is 4.39 Å². The molecule has 1 atom stereocenters. The minimum atomic E-state index is -1.39. The van der Waals surface area contributed by atoms with Crippen LogP contribution in [0.1, 0.15) is 12.5 Å². The summed E-state index contributed by atoms with van der Waals surface area (Å²) in [6.45, 7) is 1.50. The van der Waals surface area contributed by atoms with Gasteiger partial charge < -0.3 is 0 Å². The lowest BCUT2D eigenvalue weighted by Gasteiger charge is -2.18. The van der Waals surface area contributed by atoms with Crippen LogP contribution in [0.5, 0.6) is 0 Å². The highest BCUT2D eigenvalue weighted by Gasteiger charge is 2.26. The summed E-state index contributed by atoms with van der Waals surface area (Å²) >= 11 is 8.93. The first-order chi connectivity index (χ1) is 5.58. The molecule has 0 saturated carbocycles. The maximum atomic E-state index is 13.7. The lowest BCUT2D eigenvalue weighted by Crippen LogP contribution is -2.17. The van der Waals surface area contributed by atoms with Crippen LogP contribution in [0.4, 0.5) is 4.39 Å². The number of halogens is 3. The summed E-state index contributed by atoms with van der Waals surface area (Å²) in [7, 11) is 0. The van der Waals surface area contributed by atoms with Gasteiger partial charge in [0.1, 0.15) is 5.67 Å². The predicted molar refractivity (Wildman–Crippen MR) is 53.7 cm³/mol. The van der Waals surface area contributed by atoms with E-state index in [2.05, 4.69) is 15.9 Å². The fourth-order valence-electron chi connectivity index (χ4n) is 0.956. The number of rotatable bonds is 2. The average molecular weight is 252 g/mol. The van der Waals surface area contributed by atoms with E-state index in [-0.39, 0.29) is 5.33 Å². The van der Waals surface area contributed by atoms with Crippen molar-refractivity contribution >= 4 is 27.5 Å². The summed E-state index contributed by atoms with van der Waals surface area (Å²) < 4.78 is 13.7. The minimum Gasteiger partial charge on any atom is -0.238 e. The lowest BCUT2D eigenvalue weighted by molar-refractivity contribution is 0.230. The number of alkyl halides is 2. The van der Waals surface area contributed by atoms with Crippen LogP contribution in [0.25, 0.3) is 0 Å². The molecule has 66 valence electrons. The van der Waals surface area contributed by atoms with E-state index in [0.29, 0.717) is 10.6 Å². The number of benzene rings is 1. The van der Waals surface area contributed by atoms with Crippen LogP contribution >= 0.6 is 27.5 Å². The van der Waals surface area contributed by atoms with Crippen molar-refractivity contribution in [2.45, 2.75) is 12.6 Å². The highest BCUT2D eigenvalue weighted by atomic mass is 79.9. The SMILES string of the molecule is CC(F)(CBr)c1ccccc1Cl. The first kappa shape index (κ1) is 10.0. The van der Waals surface area contributed by atoms with Gasteiger partial charge in [-0.2, -0.15) is 0 Å². The Morgan fingerprint density at radius 2 is 2.08 bits per heavy atom. The Hall–Kier alpha value is -0.0800. The number of hydrogen-bond donors (Lipinski definition) is 0. The van der Waals surface area contributed by atoms with Gasteiger partial charge in [0.2, 0.25) is 0 Å². The molecule has 1 aromatic rings. The van der Waals surface area contributed by atoms with Crippen LogP contribution in [0, 0.1) is 0 Å². The third-order valence-corrected chi connectivity index (χ3v) is 3.07. The van der Waals surface area contributed by atoms with E-state index >= 15 is 0 Å². The molecule has 1 unspecified atom stereocenters. The Morgan fingerprint density at radius 3 is 2.58 bits per heavy atom. The minimum absolute atomic E-state index is 0.254. The van der Waals surface area contributed by atoms with Gasteiger partial charge >= 0.3 is 0 Å². The molecule has 12 heavy (non-hydrogen) atoms. The fraction of sp³-hybridized carbons (Fsp3) is 0.333. The monoisotopic (exact) mass is 250 g/mol. The zero-order valence-corrected chi connectivity index (χ0v) is 8.99. The van der Waals surface area contributed by atoms with Gasteiger partial charge in [0, 0.05) is 15.9 Å². The Balaban J connectivity index is 3.10. The molecule has 0 amide bonds. The van der Waals surface area contributed by atoms with Gasteiger partial charge in [-0.3, -0.25) is 0 Å². The maximum absolute atomic E-state index is 13.7. The van der Waals surface area contributed by atoms with Gasteiger partial charge in [0.15, 0.2) is 0 Å². The summed E-state index contributed by atoms with van der Waals surface area (Å²) in [5.41, 5.74) is -0.859. The van der Waals surface area contributed by atoms with Crippen molar-refractivity contribution in [3.8, 4) is 0 Å². The third-order valence-electron chi connectivity index (χ3n) is 1.69. The van der Waals surface area contributed by atoms with Crippen LogP contribution in [0.2, 0.25) is 5.02 Å². The van der Waals surface area contributed by atoms with Crippen LogP contribution in [0.3, 0.4) is 0 Å². The fourth-order valence-corrected chi connectivity index (χ4v) is 1.59.